The van der Waals surface area contributed by atoms with E-state index in [9.17, 15) is 4.79 Å². The number of pyridine rings is 1. The largest absolute Gasteiger partial charge is 0.383 e. The van der Waals surface area contributed by atoms with Crippen LogP contribution < -0.4 is 5.73 Å². The Morgan fingerprint density at radius 1 is 0.880 bits per heavy atom. The molecular formula is C22H16N2O. The second-order valence-corrected chi connectivity index (χ2v) is 5.90. The number of nitrogens with two attached hydrogens (primary N) is 1. The van der Waals surface area contributed by atoms with Gasteiger partial charge in [0.25, 0.3) is 0 Å². The summed E-state index contributed by atoms with van der Waals surface area (Å²) < 4.78 is 0. The maximum absolute atomic E-state index is 12.5. The van der Waals surface area contributed by atoms with E-state index in [-0.39, 0.29) is 5.78 Å². The van der Waals surface area contributed by atoms with Gasteiger partial charge in [0.2, 0.25) is 0 Å². The van der Waals surface area contributed by atoms with E-state index in [0.29, 0.717) is 11.4 Å². The first kappa shape index (κ1) is 15.1. The van der Waals surface area contributed by atoms with Gasteiger partial charge in [-0.05, 0) is 51.9 Å². The Morgan fingerprint density at radius 3 is 2.56 bits per heavy atom. The van der Waals surface area contributed by atoms with Gasteiger partial charge in [-0.15, -0.1) is 0 Å². The molecule has 0 saturated carbocycles. The average Bonchev–Trinajstić information content (AvgIpc) is 2.66. The molecule has 0 aliphatic heterocycles. The SMILES string of the molecule is Nc1ncccc1/C=C/C(=O)c1ccc2c(ccc3ccccc32)c1. The fourth-order valence-electron chi connectivity index (χ4n) is 3.00. The van der Waals surface area contributed by atoms with Gasteiger partial charge < -0.3 is 5.73 Å². The maximum Gasteiger partial charge on any atom is 0.185 e. The molecule has 0 spiro atoms. The van der Waals surface area contributed by atoms with Gasteiger partial charge in [-0.25, -0.2) is 4.98 Å². The Hall–Kier alpha value is -3.46. The minimum Gasteiger partial charge on any atom is -0.383 e. The fraction of sp³-hybridized carbons (Fsp3) is 0. The normalized spacial score (nSPS) is 11.4. The Morgan fingerprint density at radius 2 is 1.68 bits per heavy atom. The zero-order valence-electron chi connectivity index (χ0n) is 13.5. The molecule has 0 atom stereocenters. The zero-order chi connectivity index (χ0) is 17.2. The van der Waals surface area contributed by atoms with E-state index in [0.717, 1.165) is 16.3 Å². The Bertz CT molecular complexity index is 1130. The number of nitrogens with zero attached hydrogens (tertiary/aromatic N) is 1. The van der Waals surface area contributed by atoms with Gasteiger partial charge in [0.05, 0.1) is 0 Å². The summed E-state index contributed by atoms with van der Waals surface area (Å²) in [6.45, 7) is 0. The van der Waals surface area contributed by atoms with Gasteiger partial charge >= 0.3 is 0 Å². The molecule has 120 valence electrons. The molecule has 3 aromatic carbocycles. The van der Waals surface area contributed by atoms with Crippen LogP contribution in [-0.2, 0) is 0 Å². The van der Waals surface area contributed by atoms with Gasteiger partial charge in [-0.3, -0.25) is 4.79 Å². The molecule has 4 rings (SSSR count). The highest BCUT2D eigenvalue weighted by atomic mass is 16.1. The lowest BCUT2D eigenvalue weighted by Gasteiger charge is -2.05. The van der Waals surface area contributed by atoms with Crippen molar-refractivity contribution in [2.24, 2.45) is 0 Å². The second-order valence-electron chi connectivity index (χ2n) is 5.90. The number of allylic oxidation sites excluding steroid dienone is 1. The number of ketones is 1. The lowest BCUT2D eigenvalue weighted by molar-refractivity contribution is 0.104. The van der Waals surface area contributed by atoms with Crippen LogP contribution in [0.1, 0.15) is 15.9 Å². The molecule has 3 nitrogen and oxygen atoms in total. The van der Waals surface area contributed by atoms with Crippen LogP contribution in [0.15, 0.2) is 79.0 Å². The summed E-state index contributed by atoms with van der Waals surface area (Å²) >= 11 is 0. The maximum atomic E-state index is 12.5. The van der Waals surface area contributed by atoms with Gasteiger partial charge in [0.1, 0.15) is 5.82 Å². The lowest BCUT2D eigenvalue weighted by atomic mass is 9.99. The van der Waals surface area contributed by atoms with E-state index in [1.807, 2.05) is 36.4 Å². The highest BCUT2D eigenvalue weighted by Gasteiger charge is 2.06. The summed E-state index contributed by atoms with van der Waals surface area (Å²) in [7, 11) is 0. The number of carbonyl (C=O) groups is 1. The van der Waals surface area contributed by atoms with E-state index < -0.39 is 0 Å². The van der Waals surface area contributed by atoms with Crippen LogP contribution in [0.25, 0.3) is 27.6 Å². The molecule has 0 fully saturated rings. The van der Waals surface area contributed by atoms with Crippen molar-refractivity contribution in [3.05, 3.63) is 90.1 Å². The van der Waals surface area contributed by atoms with E-state index in [1.54, 1.807) is 18.3 Å². The van der Waals surface area contributed by atoms with Crippen LogP contribution in [0.3, 0.4) is 0 Å². The van der Waals surface area contributed by atoms with Crippen molar-refractivity contribution in [1.82, 2.24) is 4.98 Å². The van der Waals surface area contributed by atoms with Crippen LogP contribution in [-0.4, -0.2) is 10.8 Å². The van der Waals surface area contributed by atoms with Crippen molar-refractivity contribution in [2.45, 2.75) is 0 Å². The number of carbonyl (C=O) groups excluding carboxylic acids is 1. The molecule has 2 N–H and O–H groups in total. The molecule has 1 heterocycles. The van der Waals surface area contributed by atoms with E-state index in [4.69, 9.17) is 5.73 Å². The molecule has 1 aromatic heterocycles. The number of rotatable bonds is 3. The van der Waals surface area contributed by atoms with Gasteiger partial charge in [0.15, 0.2) is 5.78 Å². The van der Waals surface area contributed by atoms with Crippen LogP contribution in [0.5, 0.6) is 0 Å². The highest BCUT2D eigenvalue weighted by molar-refractivity contribution is 6.12. The van der Waals surface area contributed by atoms with E-state index >= 15 is 0 Å². The van der Waals surface area contributed by atoms with Crippen LogP contribution >= 0.6 is 0 Å². The number of hydrogen-bond acceptors (Lipinski definition) is 3. The second kappa shape index (κ2) is 6.21. The fourth-order valence-corrected chi connectivity index (χ4v) is 3.00. The van der Waals surface area contributed by atoms with Gasteiger partial charge in [0, 0.05) is 17.3 Å². The third kappa shape index (κ3) is 2.88. The number of hydrogen-bond donors (Lipinski definition) is 1. The van der Waals surface area contributed by atoms with E-state index in [1.165, 1.54) is 16.8 Å². The van der Waals surface area contributed by atoms with Crippen molar-refractivity contribution in [3.8, 4) is 0 Å². The first-order valence-corrected chi connectivity index (χ1v) is 8.07. The number of anilines is 1. The predicted octanol–water partition coefficient (Wildman–Crippen LogP) is 4.87. The Kier molecular flexibility index (Phi) is 3.75. The monoisotopic (exact) mass is 324 g/mol. The van der Waals surface area contributed by atoms with E-state index in [2.05, 4.69) is 29.2 Å². The zero-order valence-corrected chi connectivity index (χ0v) is 13.5. The smallest absolute Gasteiger partial charge is 0.185 e. The topological polar surface area (TPSA) is 56.0 Å². The summed E-state index contributed by atoms with van der Waals surface area (Å²) in [5.74, 6) is 0.356. The number of aromatic nitrogens is 1. The number of fused-ring (bicyclic) bond motifs is 3. The van der Waals surface area contributed by atoms with Gasteiger partial charge in [-0.2, -0.15) is 0 Å². The van der Waals surface area contributed by atoms with Crippen LogP contribution in [0, 0.1) is 0 Å². The number of nitrogen functional groups attached to an aromatic ring is 1. The molecule has 4 aromatic rings. The first-order valence-electron chi connectivity index (χ1n) is 8.07. The molecule has 0 aliphatic carbocycles. The molecule has 0 bridgehead atoms. The summed E-state index contributed by atoms with van der Waals surface area (Å²) in [5, 5.41) is 4.59. The van der Waals surface area contributed by atoms with Crippen molar-refractivity contribution in [1.29, 1.82) is 0 Å². The predicted molar refractivity (Wildman–Crippen MR) is 103 cm³/mol. The molecule has 0 unspecified atom stereocenters. The van der Waals surface area contributed by atoms with Crippen molar-refractivity contribution in [3.63, 3.8) is 0 Å². The average molecular weight is 324 g/mol. The van der Waals surface area contributed by atoms with Crippen molar-refractivity contribution in [2.75, 3.05) is 5.73 Å². The van der Waals surface area contributed by atoms with Crippen molar-refractivity contribution >= 4 is 39.2 Å². The third-order valence-corrected chi connectivity index (χ3v) is 4.31. The van der Waals surface area contributed by atoms with Gasteiger partial charge in [-0.1, -0.05) is 48.5 Å². The summed E-state index contributed by atoms with van der Waals surface area (Å²) in [6, 6.07) is 21.8. The van der Waals surface area contributed by atoms with Crippen LogP contribution in [0.4, 0.5) is 5.82 Å². The molecule has 0 amide bonds. The summed E-state index contributed by atoms with van der Waals surface area (Å²) in [5.41, 5.74) is 7.19. The first-order chi connectivity index (χ1) is 12.2. The minimum atomic E-state index is -0.0571. The quantitative estimate of drug-likeness (QED) is 0.332. The molecule has 0 aliphatic rings. The Labute approximate surface area is 145 Å². The molecule has 0 saturated heterocycles. The molecular weight excluding hydrogens is 308 g/mol. The highest BCUT2D eigenvalue weighted by Crippen LogP contribution is 2.26. The molecule has 0 radical (unpaired) electrons. The lowest BCUT2D eigenvalue weighted by Crippen LogP contribution is -1.96. The third-order valence-electron chi connectivity index (χ3n) is 4.31. The van der Waals surface area contributed by atoms with Crippen LogP contribution in [0.2, 0.25) is 0 Å². The number of benzene rings is 3. The summed E-state index contributed by atoms with van der Waals surface area (Å²) in [4.78, 5) is 16.5. The molecule has 25 heavy (non-hydrogen) atoms. The summed E-state index contributed by atoms with van der Waals surface area (Å²) in [6.07, 6.45) is 4.87. The molecule has 3 heteroatoms. The minimum absolute atomic E-state index is 0.0571. The standard InChI is InChI=1S/C22H16N2O/c23-22-16(5-3-13-24-22)10-12-21(25)18-9-11-20-17(14-18)8-7-15-4-1-2-6-19(15)20/h1-14H,(H2,23,24)/b12-10+. The van der Waals surface area contributed by atoms with Crippen molar-refractivity contribution < 1.29 is 4.79 Å². The Balaban J connectivity index is 1.71.